The monoisotopic (exact) mass is 151 g/mol. The number of carbonyl (C=O) groups excluding carboxylic acids is 1. The lowest BCUT2D eigenvalue weighted by Crippen LogP contribution is -2.03. The molecular weight excluding hydrogens is 142 g/mol. The van der Waals surface area contributed by atoms with Crippen LogP contribution >= 0.6 is 0 Å². The molecule has 0 aromatic carbocycles. The fourth-order valence-corrected chi connectivity index (χ4v) is 0.669. The zero-order valence-corrected chi connectivity index (χ0v) is 6.04. The summed E-state index contributed by atoms with van der Waals surface area (Å²) in [5, 5.41) is 0. The minimum Gasteiger partial charge on any atom is -0.458 e. The third-order valence-corrected chi connectivity index (χ3v) is 1.17. The number of hydrogen-bond donors (Lipinski definition) is 1. The maximum atomic E-state index is 11.0. The van der Waals surface area contributed by atoms with Crippen LogP contribution in [-0.4, -0.2) is 17.6 Å². The summed E-state index contributed by atoms with van der Waals surface area (Å²) in [6.45, 7) is 3.68. The van der Waals surface area contributed by atoms with Gasteiger partial charge in [0.25, 0.3) is 0 Å². The zero-order valence-electron chi connectivity index (χ0n) is 6.04. The predicted molar refractivity (Wildman–Crippen MR) is 41.3 cm³/mol. The summed E-state index contributed by atoms with van der Waals surface area (Å²) >= 11 is 0. The van der Waals surface area contributed by atoms with Gasteiger partial charge in [-0.2, -0.15) is 0 Å². The van der Waals surface area contributed by atoms with E-state index in [1.54, 1.807) is 18.5 Å². The molecule has 1 rings (SSSR count). The molecule has 0 radical (unpaired) electrons. The highest BCUT2D eigenvalue weighted by Gasteiger charge is 2.04. The number of rotatable bonds is 3. The molecule has 0 saturated heterocycles. The van der Waals surface area contributed by atoms with E-state index in [0.717, 1.165) is 0 Å². The van der Waals surface area contributed by atoms with Crippen molar-refractivity contribution < 1.29 is 9.53 Å². The van der Waals surface area contributed by atoms with Gasteiger partial charge in [-0.3, -0.25) is 0 Å². The molecule has 1 N–H and O–H groups in total. The van der Waals surface area contributed by atoms with Crippen molar-refractivity contribution in [2.75, 3.05) is 6.61 Å². The van der Waals surface area contributed by atoms with E-state index >= 15 is 0 Å². The number of nitrogens with one attached hydrogen (secondary N) is 1. The molecule has 0 bridgehead atoms. The molecule has 0 aliphatic rings. The Bertz CT molecular complexity index is 239. The van der Waals surface area contributed by atoms with Crippen molar-refractivity contribution in [1.29, 1.82) is 0 Å². The van der Waals surface area contributed by atoms with E-state index in [1.807, 2.05) is 0 Å². The molecule has 0 aliphatic carbocycles. The molecule has 0 saturated carbocycles. The maximum Gasteiger partial charge on any atom is 0.339 e. The van der Waals surface area contributed by atoms with Crippen molar-refractivity contribution in [1.82, 2.24) is 4.98 Å². The fourth-order valence-electron chi connectivity index (χ4n) is 0.669. The predicted octanol–water partition coefficient (Wildman–Crippen LogP) is 1.36. The van der Waals surface area contributed by atoms with E-state index in [9.17, 15) is 4.79 Å². The molecule has 0 atom stereocenters. The van der Waals surface area contributed by atoms with Crippen LogP contribution in [0.1, 0.15) is 10.4 Å². The second-order valence-electron chi connectivity index (χ2n) is 1.99. The number of esters is 1. The molecule has 0 spiro atoms. The fraction of sp³-hybridized carbons (Fsp3) is 0.125. The van der Waals surface area contributed by atoms with Crippen molar-refractivity contribution in [3.05, 3.63) is 36.7 Å². The lowest BCUT2D eigenvalue weighted by molar-refractivity contribution is 0.0550. The summed E-state index contributed by atoms with van der Waals surface area (Å²) in [6.07, 6.45) is 4.79. The van der Waals surface area contributed by atoms with Gasteiger partial charge in [-0.25, -0.2) is 4.79 Å². The number of aromatic nitrogens is 1. The van der Waals surface area contributed by atoms with Crippen LogP contribution in [0.5, 0.6) is 0 Å². The summed E-state index contributed by atoms with van der Waals surface area (Å²) in [7, 11) is 0. The van der Waals surface area contributed by atoms with Gasteiger partial charge in [0.05, 0.1) is 5.56 Å². The van der Waals surface area contributed by atoms with Crippen molar-refractivity contribution in [2.24, 2.45) is 0 Å². The van der Waals surface area contributed by atoms with Gasteiger partial charge >= 0.3 is 5.97 Å². The highest BCUT2D eigenvalue weighted by atomic mass is 16.5. The normalized spacial score (nSPS) is 9.09. The molecule has 0 aliphatic heterocycles. The maximum absolute atomic E-state index is 11.0. The van der Waals surface area contributed by atoms with Crippen LogP contribution in [-0.2, 0) is 4.74 Å². The first-order valence-corrected chi connectivity index (χ1v) is 3.25. The summed E-state index contributed by atoms with van der Waals surface area (Å²) in [5.41, 5.74) is 0.534. The molecule has 3 heteroatoms. The van der Waals surface area contributed by atoms with E-state index < -0.39 is 0 Å². The van der Waals surface area contributed by atoms with E-state index in [2.05, 4.69) is 11.6 Å². The van der Waals surface area contributed by atoms with Gasteiger partial charge in [-0.05, 0) is 6.07 Å². The molecule has 58 valence electrons. The van der Waals surface area contributed by atoms with Crippen LogP contribution in [0.4, 0.5) is 0 Å². The molecule has 1 aromatic rings. The Kier molecular flexibility index (Phi) is 2.49. The first-order chi connectivity index (χ1) is 5.34. The quantitative estimate of drug-likeness (QED) is 0.523. The zero-order chi connectivity index (χ0) is 8.10. The lowest BCUT2D eigenvalue weighted by atomic mass is 10.3. The van der Waals surface area contributed by atoms with Crippen LogP contribution in [0.15, 0.2) is 31.1 Å². The first-order valence-electron chi connectivity index (χ1n) is 3.25. The minimum atomic E-state index is -0.328. The second kappa shape index (κ2) is 3.61. The van der Waals surface area contributed by atoms with Crippen LogP contribution in [0, 0.1) is 0 Å². The topological polar surface area (TPSA) is 42.1 Å². The minimum absolute atomic E-state index is 0.254. The smallest absolute Gasteiger partial charge is 0.339 e. The van der Waals surface area contributed by atoms with Gasteiger partial charge in [0, 0.05) is 12.4 Å². The van der Waals surface area contributed by atoms with Crippen LogP contribution in [0.2, 0.25) is 0 Å². The lowest BCUT2D eigenvalue weighted by Gasteiger charge is -1.96. The van der Waals surface area contributed by atoms with E-state index in [0.29, 0.717) is 5.56 Å². The van der Waals surface area contributed by atoms with Gasteiger partial charge in [0.15, 0.2) is 0 Å². The Morgan fingerprint density at radius 2 is 2.64 bits per heavy atom. The average molecular weight is 151 g/mol. The highest BCUT2D eigenvalue weighted by molar-refractivity contribution is 5.89. The average Bonchev–Trinajstić information content (AvgIpc) is 2.52. The summed E-state index contributed by atoms with van der Waals surface area (Å²) in [5.74, 6) is -0.328. The van der Waals surface area contributed by atoms with Crippen LogP contribution in [0.25, 0.3) is 0 Å². The molecule has 11 heavy (non-hydrogen) atoms. The first kappa shape index (κ1) is 7.60. The van der Waals surface area contributed by atoms with Crippen molar-refractivity contribution in [3.63, 3.8) is 0 Å². The largest absolute Gasteiger partial charge is 0.458 e. The Labute approximate surface area is 64.7 Å². The molecule has 1 aromatic heterocycles. The number of aromatic amines is 1. The van der Waals surface area contributed by atoms with Gasteiger partial charge in [0.2, 0.25) is 0 Å². The summed E-state index contributed by atoms with van der Waals surface area (Å²) in [4.78, 5) is 13.7. The summed E-state index contributed by atoms with van der Waals surface area (Å²) in [6, 6.07) is 1.66. The Balaban J connectivity index is 2.49. The van der Waals surface area contributed by atoms with E-state index in [-0.39, 0.29) is 12.6 Å². The number of hydrogen-bond acceptors (Lipinski definition) is 2. The molecule has 0 amide bonds. The molecule has 0 fully saturated rings. The van der Waals surface area contributed by atoms with Crippen molar-refractivity contribution in [3.8, 4) is 0 Å². The molecule has 1 heterocycles. The Morgan fingerprint density at radius 3 is 3.18 bits per heavy atom. The molecule has 0 unspecified atom stereocenters. The third-order valence-electron chi connectivity index (χ3n) is 1.17. The molecule has 3 nitrogen and oxygen atoms in total. The second-order valence-corrected chi connectivity index (χ2v) is 1.99. The number of ether oxygens (including phenoxy) is 1. The van der Waals surface area contributed by atoms with Crippen molar-refractivity contribution in [2.45, 2.75) is 0 Å². The Morgan fingerprint density at radius 1 is 1.82 bits per heavy atom. The van der Waals surface area contributed by atoms with Crippen LogP contribution < -0.4 is 0 Å². The van der Waals surface area contributed by atoms with Gasteiger partial charge in [0.1, 0.15) is 6.61 Å². The van der Waals surface area contributed by atoms with Crippen molar-refractivity contribution >= 4 is 5.97 Å². The third kappa shape index (κ3) is 1.97. The molecular formula is C8H9NO2. The van der Waals surface area contributed by atoms with Gasteiger partial charge in [-0.15, -0.1) is 0 Å². The standard InChI is InChI=1S/C8H9NO2/c1-2-5-11-8(10)7-3-4-9-6-7/h2-4,6,9H,1,5H2. The number of H-pyrrole nitrogens is 1. The van der Waals surface area contributed by atoms with Crippen LogP contribution in [0.3, 0.4) is 0 Å². The van der Waals surface area contributed by atoms with Gasteiger partial charge < -0.3 is 9.72 Å². The highest BCUT2D eigenvalue weighted by Crippen LogP contribution is 1.98. The van der Waals surface area contributed by atoms with Gasteiger partial charge in [-0.1, -0.05) is 12.7 Å². The summed E-state index contributed by atoms with van der Waals surface area (Å²) < 4.78 is 4.76. The van der Waals surface area contributed by atoms with E-state index in [4.69, 9.17) is 4.74 Å². The number of carbonyl (C=O) groups is 1. The van der Waals surface area contributed by atoms with E-state index in [1.165, 1.54) is 6.08 Å². The SMILES string of the molecule is C=CCOC(=O)c1cc[nH]c1. The Hall–Kier alpha value is -1.51.